The van der Waals surface area contributed by atoms with Crippen LogP contribution in [0.2, 0.25) is 5.02 Å². The molecule has 0 fully saturated rings. The van der Waals surface area contributed by atoms with Crippen LogP contribution in [0.5, 0.6) is 0 Å². The molecular formula is C21H23Cl2NO2. The van der Waals surface area contributed by atoms with Crippen molar-refractivity contribution >= 4 is 24.0 Å². The summed E-state index contributed by atoms with van der Waals surface area (Å²) in [6.07, 6.45) is -0.564. The second kappa shape index (κ2) is 9.24. The van der Waals surface area contributed by atoms with Crippen molar-refractivity contribution in [2.24, 2.45) is 0 Å². The molecule has 0 aliphatic carbocycles. The third-order valence-corrected chi connectivity index (χ3v) is 4.82. The summed E-state index contributed by atoms with van der Waals surface area (Å²) in [5.74, 6) is 1.62. The predicted octanol–water partition coefficient (Wildman–Crippen LogP) is 5.54. The normalized spacial score (nSPS) is 13.1. The Morgan fingerprint density at radius 1 is 1.04 bits per heavy atom. The van der Waals surface area contributed by atoms with E-state index >= 15 is 0 Å². The third kappa shape index (κ3) is 4.68. The Hall–Kier alpha value is -1.78. The lowest BCUT2D eigenvalue weighted by molar-refractivity contribution is 0.134. The van der Waals surface area contributed by atoms with Gasteiger partial charge in [-0.2, -0.15) is 0 Å². The topological polar surface area (TPSA) is 45.4 Å². The van der Waals surface area contributed by atoms with Gasteiger partial charge < -0.3 is 14.8 Å². The molecule has 138 valence electrons. The molecule has 0 bridgehead atoms. The highest BCUT2D eigenvalue weighted by molar-refractivity contribution is 6.31. The fourth-order valence-electron chi connectivity index (χ4n) is 2.80. The molecule has 2 atom stereocenters. The highest BCUT2D eigenvalue weighted by Gasteiger charge is 2.16. The van der Waals surface area contributed by atoms with Crippen molar-refractivity contribution in [1.29, 1.82) is 0 Å². The number of hydrogen-bond donors (Lipinski definition) is 2. The largest absolute Gasteiger partial charge is 0.460 e. The first-order valence-corrected chi connectivity index (χ1v) is 8.74. The van der Waals surface area contributed by atoms with Crippen molar-refractivity contribution in [1.82, 2.24) is 5.32 Å². The quantitative estimate of drug-likeness (QED) is 0.579. The Kier molecular flexibility index (Phi) is 7.30. The molecule has 1 aromatic heterocycles. The van der Waals surface area contributed by atoms with Crippen molar-refractivity contribution in [3.63, 3.8) is 0 Å². The van der Waals surface area contributed by atoms with E-state index in [2.05, 4.69) is 5.32 Å². The van der Waals surface area contributed by atoms with Crippen molar-refractivity contribution in [2.45, 2.75) is 32.5 Å². The van der Waals surface area contributed by atoms with Crippen LogP contribution in [0.1, 0.15) is 29.9 Å². The fourth-order valence-corrected chi connectivity index (χ4v) is 2.98. The van der Waals surface area contributed by atoms with Gasteiger partial charge in [-0.1, -0.05) is 54.1 Å². The molecular weight excluding hydrogens is 369 g/mol. The van der Waals surface area contributed by atoms with E-state index in [0.29, 0.717) is 6.54 Å². The molecule has 0 aliphatic heterocycles. The minimum atomic E-state index is -0.564. The van der Waals surface area contributed by atoms with Gasteiger partial charge in [-0.3, -0.25) is 0 Å². The highest BCUT2D eigenvalue weighted by Crippen LogP contribution is 2.29. The van der Waals surface area contributed by atoms with Gasteiger partial charge >= 0.3 is 0 Å². The number of furan rings is 1. The van der Waals surface area contributed by atoms with Crippen LogP contribution in [-0.2, 0) is 6.54 Å². The zero-order valence-corrected chi connectivity index (χ0v) is 16.3. The van der Waals surface area contributed by atoms with Gasteiger partial charge in [-0.15, -0.1) is 12.4 Å². The van der Waals surface area contributed by atoms with Crippen LogP contribution in [0.25, 0.3) is 11.3 Å². The van der Waals surface area contributed by atoms with E-state index in [4.69, 9.17) is 16.0 Å². The first-order valence-electron chi connectivity index (χ1n) is 8.37. The van der Waals surface area contributed by atoms with Crippen molar-refractivity contribution < 1.29 is 9.52 Å². The predicted molar refractivity (Wildman–Crippen MR) is 109 cm³/mol. The number of hydrogen-bond acceptors (Lipinski definition) is 3. The highest BCUT2D eigenvalue weighted by atomic mass is 35.5. The first-order chi connectivity index (χ1) is 12.1. The van der Waals surface area contributed by atoms with Gasteiger partial charge in [0.05, 0.1) is 12.6 Å². The number of aliphatic hydroxyl groups excluding tert-OH is 1. The fraction of sp³-hybridized carbons (Fsp3) is 0.238. The zero-order chi connectivity index (χ0) is 17.8. The summed E-state index contributed by atoms with van der Waals surface area (Å²) in [5.41, 5.74) is 2.90. The molecule has 1 heterocycles. The molecule has 5 heteroatoms. The Balaban J connectivity index is 0.00000243. The van der Waals surface area contributed by atoms with Gasteiger partial charge in [0.15, 0.2) is 0 Å². The molecule has 2 unspecified atom stereocenters. The standard InChI is InChI=1S/C21H22ClNO2.ClH/c1-14-18(9-6-10-19(14)22)20-12-11-17(25-20)13-23-15(2)21(24)16-7-4-3-5-8-16;/h3-12,15,21,23-24H,13H2,1-2H3;1H. The third-order valence-electron chi connectivity index (χ3n) is 4.41. The van der Waals surface area contributed by atoms with Crippen LogP contribution in [0, 0.1) is 6.92 Å². The van der Waals surface area contributed by atoms with Crippen LogP contribution in [0.15, 0.2) is 65.1 Å². The van der Waals surface area contributed by atoms with E-state index in [1.54, 1.807) is 0 Å². The molecule has 3 aromatic rings. The molecule has 2 aromatic carbocycles. The van der Waals surface area contributed by atoms with Crippen LogP contribution in [-0.4, -0.2) is 11.1 Å². The van der Waals surface area contributed by atoms with E-state index in [0.717, 1.165) is 33.2 Å². The zero-order valence-electron chi connectivity index (χ0n) is 14.8. The van der Waals surface area contributed by atoms with Crippen LogP contribution in [0.4, 0.5) is 0 Å². The van der Waals surface area contributed by atoms with Crippen LogP contribution >= 0.6 is 24.0 Å². The maximum Gasteiger partial charge on any atom is 0.134 e. The minimum Gasteiger partial charge on any atom is -0.460 e. The van der Waals surface area contributed by atoms with Gasteiger partial charge in [0.2, 0.25) is 0 Å². The van der Waals surface area contributed by atoms with Gasteiger partial charge in [-0.25, -0.2) is 0 Å². The number of aliphatic hydroxyl groups is 1. The monoisotopic (exact) mass is 391 g/mol. The summed E-state index contributed by atoms with van der Waals surface area (Å²) in [4.78, 5) is 0. The summed E-state index contributed by atoms with van der Waals surface area (Å²) in [7, 11) is 0. The Bertz CT molecular complexity index is 833. The maximum atomic E-state index is 10.4. The number of rotatable bonds is 6. The summed E-state index contributed by atoms with van der Waals surface area (Å²) in [6, 6.07) is 19.2. The molecule has 0 aliphatic rings. The Morgan fingerprint density at radius 3 is 2.50 bits per heavy atom. The van der Waals surface area contributed by atoms with E-state index in [9.17, 15) is 5.11 Å². The summed E-state index contributed by atoms with van der Waals surface area (Å²) >= 11 is 6.18. The molecule has 3 nitrogen and oxygen atoms in total. The smallest absolute Gasteiger partial charge is 0.134 e. The number of halogens is 2. The van der Waals surface area contributed by atoms with E-state index in [1.807, 2.05) is 74.5 Å². The minimum absolute atomic E-state index is 0. The molecule has 0 amide bonds. The lowest BCUT2D eigenvalue weighted by Gasteiger charge is -2.20. The first kappa shape index (κ1) is 20.5. The van der Waals surface area contributed by atoms with E-state index in [-0.39, 0.29) is 18.4 Å². The van der Waals surface area contributed by atoms with Crippen LogP contribution in [0.3, 0.4) is 0 Å². The second-order valence-corrected chi connectivity index (χ2v) is 6.61. The second-order valence-electron chi connectivity index (χ2n) is 6.20. The van der Waals surface area contributed by atoms with Crippen molar-refractivity contribution in [3.05, 3.63) is 82.6 Å². The maximum absolute atomic E-state index is 10.4. The van der Waals surface area contributed by atoms with Crippen molar-refractivity contribution in [3.8, 4) is 11.3 Å². The molecule has 2 N–H and O–H groups in total. The van der Waals surface area contributed by atoms with Gasteiger partial charge in [-0.05, 0) is 43.2 Å². The molecule has 0 saturated carbocycles. The molecule has 0 saturated heterocycles. The van der Waals surface area contributed by atoms with E-state index in [1.165, 1.54) is 0 Å². The molecule has 0 radical (unpaired) electrons. The lowest BCUT2D eigenvalue weighted by Crippen LogP contribution is -2.31. The van der Waals surface area contributed by atoms with E-state index < -0.39 is 6.10 Å². The lowest BCUT2D eigenvalue weighted by atomic mass is 10.0. The molecule has 3 rings (SSSR count). The summed E-state index contributed by atoms with van der Waals surface area (Å²) < 4.78 is 5.94. The van der Waals surface area contributed by atoms with Crippen LogP contribution < -0.4 is 5.32 Å². The SMILES string of the molecule is Cc1c(Cl)cccc1-c1ccc(CNC(C)C(O)c2ccccc2)o1.Cl. The molecule has 0 spiro atoms. The average Bonchev–Trinajstić information content (AvgIpc) is 3.11. The van der Waals surface area contributed by atoms with Gasteiger partial charge in [0.1, 0.15) is 11.5 Å². The average molecular weight is 392 g/mol. The van der Waals surface area contributed by atoms with Gasteiger partial charge in [0, 0.05) is 16.6 Å². The molecule has 26 heavy (non-hydrogen) atoms. The Morgan fingerprint density at radius 2 is 1.77 bits per heavy atom. The van der Waals surface area contributed by atoms with Gasteiger partial charge in [0.25, 0.3) is 0 Å². The summed E-state index contributed by atoms with van der Waals surface area (Å²) in [5, 5.41) is 14.5. The number of benzene rings is 2. The Labute approximate surface area is 165 Å². The summed E-state index contributed by atoms with van der Waals surface area (Å²) in [6.45, 7) is 4.49. The number of nitrogens with one attached hydrogen (secondary N) is 1. The van der Waals surface area contributed by atoms with Crippen molar-refractivity contribution in [2.75, 3.05) is 0 Å².